The third kappa shape index (κ3) is 2.49. The van der Waals surface area contributed by atoms with Gasteiger partial charge >= 0.3 is 0 Å². The van der Waals surface area contributed by atoms with Crippen LogP contribution in [0.15, 0.2) is 17.2 Å². The molecule has 0 radical (unpaired) electrons. The Labute approximate surface area is 127 Å². The van der Waals surface area contributed by atoms with Crippen LogP contribution in [0, 0.1) is 0 Å². The topological polar surface area (TPSA) is 47.9 Å². The lowest BCUT2D eigenvalue weighted by molar-refractivity contribution is -0.110. The van der Waals surface area contributed by atoms with Gasteiger partial charge in [-0.25, -0.2) is 0 Å². The predicted molar refractivity (Wildman–Crippen MR) is 80.7 cm³/mol. The summed E-state index contributed by atoms with van der Waals surface area (Å²) in [7, 11) is 2.07. The van der Waals surface area contributed by atoms with Crippen LogP contribution in [0.4, 0.5) is 5.69 Å². The van der Waals surface area contributed by atoms with Gasteiger partial charge in [0.1, 0.15) is 0 Å². The fourth-order valence-electron chi connectivity index (χ4n) is 2.32. The van der Waals surface area contributed by atoms with Gasteiger partial charge in [0.05, 0.1) is 10.7 Å². The van der Waals surface area contributed by atoms with Crippen molar-refractivity contribution in [3.05, 3.63) is 27.7 Å². The molecule has 0 aromatic heterocycles. The standard InChI is InChI=1S/C13H14Cl2N4O/c1-18-2-4-19(5-3-18)17-12-9-6-8(14)7-10(15)11(9)16-13(12)20/h6-7H,2-5H2,1H3,(H,16,17,20). The van der Waals surface area contributed by atoms with E-state index in [1.807, 2.05) is 5.01 Å². The predicted octanol–water partition coefficient (Wildman–Crippen LogP) is 1.90. The highest BCUT2D eigenvalue weighted by atomic mass is 35.5. The zero-order valence-electron chi connectivity index (χ0n) is 11.0. The van der Waals surface area contributed by atoms with E-state index < -0.39 is 0 Å². The number of carbonyl (C=O) groups excluding carboxylic acids is 1. The summed E-state index contributed by atoms with van der Waals surface area (Å²) in [5.41, 5.74) is 1.65. The number of rotatable bonds is 1. The molecule has 1 N–H and O–H groups in total. The normalized spacial score (nSPS) is 21.2. The van der Waals surface area contributed by atoms with Crippen LogP contribution in [-0.2, 0) is 4.79 Å². The fourth-order valence-corrected chi connectivity index (χ4v) is 2.86. The quantitative estimate of drug-likeness (QED) is 0.861. The first-order valence-electron chi connectivity index (χ1n) is 6.37. The lowest BCUT2D eigenvalue weighted by atomic mass is 10.1. The number of piperazine rings is 1. The molecule has 0 unspecified atom stereocenters. The minimum absolute atomic E-state index is 0.233. The highest BCUT2D eigenvalue weighted by Gasteiger charge is 2.29. The molecular weight excluding hydrogens is 299 g/mol. The van der Waals surface area contributed by atoms with Crippen molar-refractivity contribution in [3.8, 4) is 0 Å². The van der Waals surface area contributed by atoms with E-state index in [9.17, 15) is 4.79 Å². The summed E-state index contributed by atoms with van der Waals surface area (Å²) in [6.45, 7) is 3.47. The van der Waals surface area contributed by atoms with Gasteiger partial charge in [0, 0.05) is 36.8 Å². The average molecular weight is 313 g/mol. The molecule has 2 aliphatic heterocycles. The van der Waals surface area contributed by atoms with Crippen LogP contribution in [0.5, 0.6) is 0 Å². The summed E-state index contributed by atoms with van der Waals surface area (Å²) < 4.78 is 0. The van der Waals surface area contributed by atoms with E-state index in [4.69, 9.17) is 23.2 Å². The number of nitrogens with one attached hydrogen (secondary N) is 1. The number of anilines is 1. The summed E-state index contributed by atoms with van der Waals surface area (Å²) in [5.74, 6) is -0.233. The smallest absolute Gasteiger partial charge is 0.276 e. The summed E-state index contributed by atoms with van der Waals surface area (Å²) in [5, 5.41) is 10.1. The number of likely N-dealkylation sites (N-methyl/N-ethyl adjacent to an activating group) is 1. The average Bonchev–Trinajstić information content (AvgIpc) is 2.70. The van der Waals surface area contributed by atoms with Gasteiger partial charge in [-0.05, 0) is 19.2 Å². The molecule has 1 fully saturated rings. The molecule has 0 atom stereocenters. The van der Waals surface area contributed by atoms with Crippen molar-refractivity contribution < 1.29 is 4.79 Å². The Morgan fingerprint density at radius 1 is 1.20 bits per heavy atom. The van der Waals surface area contributed by atoms with Crippen molar-refractivity contribution in [2.45, 2.75) is 0 Å². The van der Waals surface area contributed by atoms with Crippen LogP contribution in [-0.4, -0.2) is 54.8 Å². The summed E-state index contributed by atoms with van der Waals surface area (Å²) >= 11 is 12.1. The van der Waals surface area contributed by atoms with Crippen LogP contribution in [0.3, 0.4) is 0 Å². The highest BCUT2D eigenvalue weighted by Crippen LogP contribution is 2.34. The zero-order chi connectivity index (χ0) is 14.3. The molecule has 2 aliphatic rings. The molecule has 0 spiro atoms. The van der Waals surface area contributed by atoms with E-state index >= 15 is 0 Å². The van der Waals surface area contributed by atoms with Crippen molar-refractivity contribution in [2.24, 2.45) is 5.10 Å². The molecule has 1 aromatic carbocycles. The van der Waals surface area contributed by atoms with Crippen molar-refractivity contribution in [3.63, 3.8) is 0 Å². The monoisotopic (exact) mass is 312 g/mol. The van der Waals surface area contributed by atoms with Gasteiger partial charge in [-0.1, -0.05) is 23.2 Å². The van der Waals surface area contributed by atoms with E-state index in [1.165, 1.54) is 0 Å². The number of hydrogen-bond donors (Lipinski definition) is 1. The van der Waals surface area contributed by atoms with Crippen molar-refractivity contribution in [1.29, 1.82) is 0 Å². The van der Waals surface area contributed by atoms with Gasteiger partial charge in [0.15, 0.2) is 5.71 Å². The fraction of sp³-hybridized carbons (Fsp3) is 0.385. The first kappa shape index (κ1) is 13.7. The number of halogens is 2. The molecule has 0 aliphatic carbocycles. The van der Waals surface area contributed by atoms with Gasteiger partial charge in [0.2, 0.25) is 0 Å². The minimum Gasteiger partial charge on any atom is -0.319 e. The number of carbonyl (C=O) groups is 1. The van der Waals surface area contributed by atoms with E-state index in [0.717, 1.165) is 26.2 Å². The third-order valence-corrected chi connectivity index (χ3v) is 4.00. The van der Waals surface area contributed by atoms with Crippen molar-refractivity contribution in [1.82, 2.24) is 9.91 Å². The number of benzene rings is 1. The van der Waals surface area contributed by atoms with Crippen LogP contribution in [0.2, 0.25) is 10.0 Å². The molecular formula is C13H14Cl2N4O. The molecule has 106 valence electrons. The first-order valence-corrected chi connectivity index (χ1v) is 7.13. The lowest BCUT2D eigenvalue weighted by Crippen LogP contribution is -2.42. The summed E-state index contributed by atoms with van der Waals surface area (Å²) in [6, 6.07) is 3.33. The van der Waals surface area contributed by atoms with E-state index in [1.54, 1.807) is 12.1 Å². The Kier molecular flexibility index (Phi) is 3.58. The number of nitrogens with zero attached hydrogens (tertiary/aromatic N) is 3. The molecule has 7 heteroatoms. The Bertz CT molecular complexity index is 594. The Morgan fingerprint density at radius 2 is 1.90 bits per heavy atom. The van der Waals surface area contributed by atoms with Gasteiger partial charge in [-0.2, -0.15) is 5.10 Å². The Hall–Kier alpha value is -1.30. The molecule has 20 heavy (non-hydrogen) atoms. The van der Waals surface area contributed by atoms with E-state index in [2.05, 4.69) is 22.4 Å². The maximum atomic E-state index is 12.1. The zero-order valence-corrected chi connectivity index (χ0v) is 12.5. The van der Waals surface area contributed by atoms with Gasteiger partial charge in [-0.15, -0.1) is 0 Å². The van der Waals surface area contributed by atoms with Crippen LogP contribution < -0.4 is 5.32 Å². The Morgan fingerprint density at radius 3 is 2.60 bits per heavy atom. The molecule has 2 heterocycles. The molecule has 1 amide bonds. The van der Waals surface area contributed by atoms with Crippen LogP contribution >= 0.6 is 23.2 Å². The summed E-state index contributed by atoms with van der Waals surface area (Å²) in [6.07, 6.45) is 0. The lowest BCUT2D eigenvalue weighted by Gasteiger charge is -2.30. The molecule has 0 saturated carbocycles. The second-order valence-electron chi connectivity index (χ2n) is 4.97. The molecule has 1 aromatic rings. The van der Waals surface area contributed by atoms with Crippen LogP contribution in [0.25, 0.3) is 0 Å². The van der Waals surface area contributed by atoms with Crippen molar-refractivity contribution >= 4 is 40.5 Å². The molecule has 0 bridgehead atoms. The second-order valence-corrected chi connectivity index (χ2v) is 5.81. The van der Waals surface area contributed by atoms with Crippen LogP contribution in [0.1, 0.15) is 5.56 Å². The van der Waals surface area contributed by atoms with E-state index in [-0.39, 0.29) is 5.91 Å². The second kappa shape index (κ2) is 5.24. The number of hydrazone groups is 1. The Balaban J connectivity index is 1.94. The first-order chi connectivity index (χ1) is 9.54. The molecule has 3 rings (SSSR count). The van der Waals surface area contributed by atoms with E-state index in [0.29, 0.717) is 27.0 Å². The van der Waals surface area contributed by atoms with Gasteiger partial charge in [0.25, 0.3) is 5.91 Å². The molecule has 5 nitrogen and oxygen atoms in total. The maximum Gasteiger partial charge on any atom is 0.276 e. The summed E-state index contributed by atoms with van der Waals surface area (Å²) in [4.78, 5) is 14.3. The highest BCUT2D eigenvalue weighted by molar-refractivity contribution is 6.56. The number of amides is 1. The molecule has 1 saturated heterocycles. The SMILES string of the molecule is CN1CCN(N=C2C(=O)Nc3c(Cl)cc(Cl)cc32)CC1. The largest absolute Gasteiger partial charge is 0.319 e. The van der Waals surface area contributed by atoms with Crippen molar-refractivity contribution in [2.75, 3.05) is 38.5 Å². The minimum atomic E-state index is -0.233. The maximum absolute atomic E-state index is 12.1. The number of hydrogen-bond acceptors (Lipinski definition) is 4. The third-order valence-electron chi connectivity index (χ3n) is 3.48. The number of fused-ring (bicyclic) bond motifs is 1. The van der Waals surface area contributed by atoms with Gasteiger partial charge in [-0.3, -0.25) is 9.80 Å². The van der Waals surface area contributed by atoms with Gasteiger partial charge < -0.3 is 10.2 Å².